The Bertz CT molecular complexity index is 916. The minimum Gasteiger partial charge on any atom is -0.477 e. The topological polar surface area (TPSA) is 158 Å². The van der Waals surface area contributed by atoms with Crippen LogP contribution in [0.1, 0.15) is 194 Å². The molecule has 0 radical (unpaired) electrons. The van der Waals surface area contributed by atoms with E-state index in [9.17, 15) is 23.8 Å². The lowest BCUT2D eigenvalue weighted by Gasteiger charge is -2.19. The molecule has 1 unspecified atom stereocenters. The lowest BCUT2D eigenvalue weighted by atomic mass is 10.0. The van der Waals surface area contributed by atoms with Gasteiger partial charge in [-0.25, -0.2) is 9.36 Å². The molecule has 0 heterocycles. The molecular formula is C39H74NO10P. The second-order valence-corrected chi connectivity index (χ2v) is 15.2. The van der Waals surface area contributed by atoms with E-state index >= 15 is 0 Å². The van der Waals surface area contributed by atoms with Gasteiger partial charge in [-0.2, -0.15) is 0 Å². The Morgan fingerprint density at radius 3 is 1.39 bits per heavy atom. The zero-order valence-corrected chi connectivity index (χ0v) is 33.2. The van der Waals surface area contributed by atoms with E-state index in [2.05, 4.69) is 18.8 Å². The predicted molar refractivity (Wildman–Crippen MR) is 204 cm³/mol. The van der Waals surface area contributed by atoms with Crippen LogP contribution in [0.4, 0.5) is 0 Å². The van der Waals surface area contributed by atoms with Crippen LogP contribution in [0, 0.1) is 0 Å². The van der Waals surface area contributed by atoms with Crippen LogP contribution in [0.5, 0.6) is 0 Å². The molecule has 0 aromatic heterocycles. The number of carbonyl (C=O) groups is 3. The van der Waals surface area contributed by atoms with Gasteiger partial charge in [0, 0.05) is 12.8 Å². The molecule has 51 heavy (non-hydrogen) atoms. The monoisotopic (exact) mass is 748 g/mol. The average molecular weight is 748 g/mol. The third-order valence-corrected chi connectivity index (χ3v) is 9.78. The van der Waals surface area contributed by atoms with Gasteiger partial charge >= 0.3 is 25.7 Å². The number of phosphoric acid groups is 1. The third kappa shape index (κ3) is 37.7. The lowest BCUT2D eigenvalue weighted by molar-refractivity contribution is -0.161. The molecule has 0 saturated heterocycles. The maximum absolute atomic E-state index is 12.6. The van der Waals surface area contributed by atoms with Crippen LogP contribution < -0.4 is 0 Å². The average Bonchev–Trinajstić information content (AvgIpc) is 3.09. The molecule has 0 aliphatic heterocycles. The summed E-state index contributed by atoms with van der Waals surface area (Å²) in [6, 6.07) is 0. The van der Waals surface area contributed by atoms with Gasteiger partial charge in [-0.3, -0.25) is 23.6 Å². The highest BCUT2D eigenvalue weighted by molar-refractivity contribution is 7.47. The van der Waals surface area contributed by atoms with Crippen LogP contribution in [0.15, 0.2) is 4.99 Å². The zero-order chi connectivity index (χ0) is 37.7. The number of carboxylic acids is 1. The molecule has 0 bridgehead atoms. The Morgan fingerprint density at radius 1 is 0.588 bits per heavy atom. The number of hydrogen-bond acceptors (Lipinski definition) is 9. The van der Waals surface area contributed by atoms with Crippen LogP contribution in [0.2, 0.25) is 0 Å². The summed E-state index contributed by atoms with van der Waals surface area (Å²) in [6.45, 7) is 3.15. The summed E-state index contributed by atoms with van der Waals surface area (Å²) in [5.74, 6) is -2.16. The second-order valence-electron chi connectivity index (χ2n) is 13.8. The van der Waals surface area contributed by atoms with Gasteiger partial charge in [0.2, 0.25) is 0 Å². The maximum atomic E-state index is 12.6. The minimum absolute atomic E-state index is 0.158. The van der Waals surface area contributed by atoms with E-state index < -0.39 is 38.4 Å². The van der Waals surface area contributed by atoms with Crippen LogP contribution in [0.3, 0.4) is 0 Å². The first-order valence-corrected chi connectivity index (χ1v) is 21.9. The standard InChI is InChI=1S/C39H74NO10P/c1-3-5-7-9-11-13-15-17-19-21-23-25-27-29-38(43)47-34-36(35-49-51(45,46)48-32-31-40-33-37(41)42)50-39(44)30-28-26-24-22-20-18-16-14-12-10-8-6-4-2/h33,36H,3-32,34-35H2,1-2H3,(H,41,42)(H,45,46)/t36-/m1/s1. The fraction of sp³-hybridized carbons (Fsp3) is 0.897. The van der Waals surface area contributed by atoms with Crippen molar-refractivity contribution < 1.29 is 47.5 Å². The lowest BCUT2D eigenvalue weighted by Crippen LogP contribution is -2.29. The quantitative estimate of drug-likeness (QED) is 0.0268. The molecule has 12 heteroatoms. The summed E-state index contributed by atoms with van der Waals surface area (Å²) in [6.07, 6.45) is 31.1. The van der Waals surface area contributed by atoms with E-state index in [0.717, 1.165) is 38.5 Å². The molecule has 300 valence electrons. The minimum atomic E-state index is -4.55. The normalized spacial score (nSPS) is 13.3. The van der Waals surface area contributed by atoms with Gasteiger partial charge in [-0.15, -0.1) is 0 Å². The summed E-state index contributed by atoms with van der Waals surface area (Å²) in [5, 5.41) is 8.58. The van der Waals surface area contributed by atoms with E-state index in [4.69, 9.17) is 23.6 Å². The number of carboxylic acid groups (broad SMARTS) is 1. The first-order chi connectivity index (χ1) is 24.7. The van der Waals surface area contributed by atoms with Crippen LogP contribution in [0.25, 0.3) is 0 Å². The predicted octanol–water partition coefficient (Wildman–Crippen LogP) is 10.7. The molecule has 0 amide bonds. The number of aliphatic imine (C=N–C) groups is 1. The number of rotatable bonds is 39. The number of hydrogen-bond donors (Lipinski definition) is 2. The molecule has 0 saturated carbocycles. The van der Waals surface area contributed by atoms with Gasteiger partial charge in [0.25, 0.3) is 0 Å². The first kappa shape index (κ1) is 49.2. The Morgan fingerprint density at radius 2 is 0.980 bits per heavy atom. The molecular weight excluding hydrogens is 673 g/mol. The maximum Gasteiger partial charge on any atom is 0.472 e. The van der Waals surface area contributed by atoms with Crippen LogP contribution >= 0.6 is 7.82 Å². The van der Waals surface area contributed by atoms with Crippen molar-refractivity contribution in [2.45, 2.75) is 200 Å². The fourth-order valence-electron chi connectivity index (χ4n) is 5.76. The Hall–Kier alpha value is -1.81. The molecule has 0 fully saturated rings. The first-order valence-electron chi connectivity index (χ1n) is 20.4. The second kappa shape index (κ2) is 36.5. The fourth-order valence-corrected chi connectivity index (χ4v) is 6.50. The highest BCUT2D eigenvalue weighted by atomic mass is 31.2. The van der Waals surface area contributed by atoms with Gasteiger partial charge in [-0.1, -0.05) is 168 Å². The smallest absolute Gasteiger partial charge is 0.472 e. The Kier molecular flexibility index (Phi) is 35.2. The van der Waals surface area contributed by atoms with E-state index in [1.165, 1.54) is 116 Å². The number of aliphatic carboxylic acids is 1. The van der Waals surface area contributed by atoms with Gasteiger partial charge in [0.1, 0.15) is 12.8 Å². The summed E-state index contributed by atoms with van der Waals surface area (Å²) in [7, 11) is -4.55. The van der Waals surface area contributed by atoms with Crippen molar-refractivity contribution in [2.75, 3.05) is 26.4 Å². The molecule has 0 aromatic rings. The number of phosphoric ester groups is 1. The van der Waals surface area contributed by atoms with Crippen molar-refractivity contribution in [3.8, 4) is 0 Å². The van der Waals surface area contributed by atoms with E-state index in [1.54, 1.807) is 0 Å². The van der Waals surface area contributed by atoms with Gasteiger partial charge < -0.3 is 19.5 Å². The van der Waals surface area contributed by atoms with Crippen molar-refractivity contribution in [3.63, 3.8) is 0 Å². The highest BCUT2D eigenvalue weighted by Crippen LogP contribution is 2.43. The van der Waals surface area contributed by atoms with E-state index in [1.807, 2.05) is 0 Å². The van der Waals surface area contributed by atoms with Gasteiger partial charge in [-0.05, 0) is 12.8 Å². The Labute approximate surface area is 310 Å². The van der Waals surface area contributed by atoms with E-state index in [-0.39, 0.29) is 32.6 Å². The number of ether oxygens (including phenoxy) is 2. The van der Waals surface area contributed by atoms with Crippen molar-refractivity contribution in [1.29, 1.82) is 0 Å². The molecule has 0 aliphatic carbocycles. The summed E-state index contributed by atoms with van der Waals surface area (Å²) in [4.78, 5) is 49.0. The molecule has 2 atom stereocenters. The number of carbonyl (C=O) groups excluding carboxylic acids is 2. The number of esters is 2. The Balaban J connectivity index is 4.40. The zero-order valence-electron chi connectivity index (χ0n) is 32.3. The number of unbranched alkanes of at least 4 members (excludes halogenated alkanes) is 24. The van der Waals surface area contributed by atoms with Crippen molar-refractivity contribution >= 4 is 31.9 Å². The van der Waals surface area contributed by atoms with Crippen molar-refractivity contribution in [3.05, 3.63) is 0 Å². The van der Waals surface area contributed by atoms with Crippen molar-refractivity contribution in [1.82, 2.24) is 0 Å². The largest absolute Gasteiger partial charge is 0.477 e. The molecule has 0 aromatic carbocycles. The van der Waals surface area contributed by atoms with E-state index in [0.29, 0.717) is 19.1 Å². The molecule has 2 N–H and O–H groups in total. The SMILES string of the molecule is CCCCCCCCCCCCCCCC(=O)OC[C@H](COP(=O)(O)OCCN=CC(=O)O)OC(=O)CCCCCCCCCCCCCCC. The molecule has 0 aliphatic rings. The molecule has 11 nitrogen and oxygen atoms in total. The van der Waals surface area contributed by atoms with Crippen molar-refractivity contribution in [2.24, 2.45) is 4.99 Å². The molecule has 0 rings (SSSR count). The molecule has 0 spiro atoms. The van der Waals surface area contributed by atoms with Gasteiger partial charge in [0.05, 0.1) is 19.8 Å². The summed E-state index contributed by atoms with van der Waals surface area (Å²) < 4.78 is 32.9. The third-order valence-electron chi connectivity index (χ3n) is 8.80. The summed E-state index contributed by atoms with van der Waals surface area (Å²) >= 11 is 0. The highest BCUT2D eigenvalue weighted by Gasteiger charge is 2.26. The van der Waals surface area contributed by atoms with Gasteiger partial charge in [0.15, 0.2) is 6.10 Å². The van der Waals surface area contributed by atoms with Crippen LogP contribution in [-0.4, -0.2) is 66.6 Å². The summed E-state index contributed by atoms with van der Waals surface area (Å²) in [5.41, 5.74) is 0. The number of nitrogens with zero attached hydrogens (tertiary/aromatic N) is 1. The van der Waals surface area contributed by atoms with Crippen LogP contribution in [-0.2, 0) is 37.5 Å².